The van der Waals surface area contributed by atoms with Crippen LogP contribution in [0.2, 0.25) is 0 Å². The Morgan fingerprint density at radius 3 is 2.67 bits per heavy atom. The van der Waals surface area contributed by atoms with E-state index in [2.05, 4.69) is 5.32 Å². The summed E-state index contributed by atoms with van der Waals surface area (Å²) in [5.74, 6) is -0.288. The zero-order chi connectivity index (χ0) is 15.6. The largest absolute Gasteiger partial charge is 0.480 e. The van der Waals surface area contributed by atoms with Crippen molar-refractivity contribution in [3.63, 3.8) is 0 Å². The van der Waals surface area contributed by atoms with Gasteiger partial charge in [0, 0.05) is 5.75 Å². The van der Waals surface area contributed by atoms with Gasteiger partial charge in [0.1, 0.15) is 6.04 Å². The molecular formula is C14H20N2O3S2. The number of carboxylic acids is 1. The average Bonchev–Trinajstić information content (AvgIpc) is 3.07. The Hall–Kier alpha value is -1.21. The van der Waals surface area contributed by atoms with Gasteiger partial charge in [-0.25, -0.2) is 9.59 Å². The highest BCUT2D eigenvalue weighted by molar-refractivity contribution is 8.00. The van der Waals surface area contributed by atoms with Crippen LogP contribution in [0.1, 0.15) is 32.4 Å². The molecule has 1 aliphatic rings. The third-order valence-corrected chi connectivity index (χ3v) is 5.83. The lowest BCUT2D eigenvalue weighted by Gasteiger charge is -2.31. The monoisotopic (exact) mass is 328 g/mol. The molecule has 2 N–H and O–H groups in total. The van der Waals surface area contributed by atoms with Gasteiger partial charge in [0.15, 0.2) is 0 Å². The summed E-state index contributed by atoms with van der Waals surface area (Å²) in [7, 11) is 0. The number of hydrogen-bond donors (Lipinski definition) is 2. The summed E-state index contributed by atoms with van der Waals surface area (Å²) in [4.78, 5) is 25.4. The van der Waals surface area contributed by atoms with Crippen molar-refractivity contribution >= 4 is 35.1 Å². The van der Waals surface area contributed by atoms with E-state index in [0.717, 1.165) is 5.56 Å². The number of rotatable bonds is 4. The number of thiophene rings is 1. The molecule has 3 unspecified atom stereocenters. The van der Waals surface area contributed by atoms with Gasteiger partial charge in [-0.3, -0.25) is 4.90 Å². The number of amides is 2. The molecule has 1 fully saturated rings. The smallest absolute Gasteiger partial charge is 0.327 e. The van der Waals surface area contributed by atoms with Crippen molar-refractivity contribution in [2.24, 2.45) is 5.92 Å². The molecule has 1 aromatic heterocycles. The summed E-state index contributed by atoms with van der Waals surface area (Å²) in [5, 5.41) is 16.1. The van der Waals surface area contributed by atoms with Crippen molar-refractivity contribution in [1.82, 2.24) is 10.2 Å². The van der Waals surface area contributed by atoms with Crippen LogP contribution in [0, 0.1) is 5.92 Å². The quantitative estimate of drug-likeness (QED) is 0.891. The van der Waals surface area contributed by atoms with Crippen molar-refractivity contribution in [3.05, 3.63) is 22.4 Å². The minimum atomic E-state index is -0.941. The first kappa shape index (κ1) is 16.2. The van der Waals surface area contributed by atoms with E-state index in [1.54, 1.807) is 11.3 Å². The molecule has 0 spiro atoms. The Bertz CT molecular complexity index is 504. The van der Waals surface area contributed by atoms with Gasteiger partial charge in [-0.2, -0.15) is 11.3 Å². The summed E-state index contributed by atoms with van der Waals surface area (Å²) in [6.07, 6.45) is 0. The van der Waals surface area contributed by atoms with Crippen LogP contribution in [0.4, 0.5) is 4.79 Å². The number of nitrogens with one attached hydrogen (secondary N) is 1. The van der Waals surface area contributed by atoms with Gasteiger partial charge in [0.2, 0.25) is 0 Å². The Morgan fingerprint density at radius 1 is 1.43 bits per heavy atom. The Kier molecular flexibility index (Phi) is 5.16. The number of nitrogens with zero attached hydrogens (tertiary/aromatic N) is 1. The third kappa shape index (κ3) is 3.52. The SMILES string of the molecule is CC(NC(=O)N1C(C(=O)O)CSC1C(C)C)c1ccsc1. The lowest BCUT2D eigenvalue weighted by atomic mass is 10.1. The van der Waals surface area contributed by atoms with Gasteiger partial charge in [-0.1, -0.05) is 13.8 Å². The molecule has 2 heterocycles. The lowest BCUT2D eigenvalue weighted by Crippen LogP contribution is -2.51. The van der Waals surface area contributed by atoms with Gasteiger partial charge in [0.05, 0.1) is 11.4 Å². The fourth-order valence-electron chi connectivity index (χ4n) is 2.35. The molecule has 5 nitrogen and oxygen atoms in total. The first-order valence-electron chi connectivity index (χ1n) is 6.87. The van der Waals surface area contributed by atoms with Gasteiger partial charge in [-0.05, 0) is 35.2 Å². The van der Waals surface area contributed by atoms with E-state index in [9.17, 15) is 14.7 Å². The van der Waals surface area contributed by atoms with Crippen LogP contribution in [0.3, 0.4) is 0 Å². The minimum Gasteiger partial charge on any atom is -0.480 e. The molecule has 116 valence electrons. The van der Waals surface area contributed by atoms with Gasteiger partial charge >= 0.3 is 12.0 Å². The van der Waals surface area contributed by atoms with Crippen molar-refractivity contribution in [1.29, 1.82) is 0 Å². The lowest BCUT2D eigenvalue weighted by molar-refractivity contribution is -0.141. The van der Waals surface area contributed by atoms with Gasteiger partial charge in [-0.15, -0.1) is 11.8 Å². The molecule has 0 aliphatic carbocycles. The van der Waals surface area contributed by atoms with Crippen LogP contribution in [0.25, 0.3) is 0 Å². The normalized spacial score (nSPS) is 23.3. The molecule has 3 atom stereocenters. The molecular weight excluding hydrogens is 308 g/mol. The van der Waals surface area contributed by atoms with Crippen molar-refractivity contribution in [2.75, 3.05) is 5.75 Å². The number of carboxylic acid groups (broad SMARTS) is 1. The highest BCUT2D eigenvalue weighted by Crippen LogP contribution is 2.34. The predicted molar refractivity (Wildman–Crippen MR) is 85.6 cm³/mol. The summed E-state index contributed by atoms with van der Waals surface area (Å²) in [5.41, 5.74) is 1.04. The maximum Gasteiger partial charge on any atom is 0.327 e. The first-order valence-corrected chi connectivity index (χ1v) is 8.86. The average molecular weight is 328 g/mol. The number of hydrogen-bond acceptors (Lipinski definition) is 4. The number of aliphatic carboxylic acids is 1. The zero-order valence-electron chi connectivity index (χ0n) is 12.3. The molecule has 1 aliphatic heterocycles. The highest BCUT2D eigenvalue weighted by Gasteiger charge is 2.43. The van der Waals surface area contributed by atoms with E-state index in [1.165, 1.54) is 16.7 Å². The molecule has 2 amide bonds. The summed E-state index contributed by atoms with van der Waals surface area (Å²) >= 11 is 3.11. The van der Waals surface area contributed by atoms with Gasteiger partial charge < -0.3 is 10.4 Å². The molecule has 0 radical (unpaired) electrons. The second-order valence-electron chi connectivity index (χ2n) is 5.46. The van der Waals surface area contributed by atoms with E-state index in [-0.39, 0.29) is 23.4 Å². The minimum absolute atomic E-state index is 0.0965. The number of carbonyl (C=O) groups excluding carboxylic acids is 1. The van der Waals surface area contributed by atoms with E-state index >= 15 is 0 Å². The van der Waals surface area contributed by atoms with Crippen LogP contribution in [0.5, 0.6) is 0 Å². The maximum atomic E-state index is 12.5. The summed E-state index contributed by atoms with van der Waals surface area (Å²) in [6, 6.07) is 0.779. The van der Waals surface area contributed by atoms with Crippen LogP contribution in [0.15, 0.2) is 16.8 Å². The fraction of sp³-hybridized carbons (Fsp3) is 0.571. The van der Waals surface area contributed by atoms with E-state index in [1.807, 2.05) is 37.6 Å². The molecule has 2 rings (SSSR count). The highest BCUT2D eigenvalue weighted by atomic mass is 32.2. The second kappa shape index (κ2) is 6.70. The maximum absolute atomic E-state index is 12.5. The van der Waals surface area contributed by atoms with E-state index < -0.39 is 12.0 Å². The topological polar surface area (TPSA) is 69.6 Å². The van der Waals surface area contributed by atoms with Crippen molar-refractivity contribution < 1.29 is 14.7 Å². The van der Waals surface area contributed by atoms with Crippen molar-refractivity contribution in [3.8, 4) is 0 Å². The van der Waals surface area contributed by atoms with Crippen LogP contribution in [-0.2, 0) is 4.79 Å². The Labute approximate surface area is 132 Å². The first-order chi connectivity index (χ1) is 9.91. The molecule has 1 aromatic rings. The summed E-state index contributed by atoms with van der Waals surface area (Å²) < 4.78 is 0. The molecule has 0 bridgehead atoms. The molecule has 7 heteroatoms. The standard InChI is InChI=1S/C14H20N2O3S2/c1-8(2)12-16(11(7-21-12)13(17)18)14(19)15-9(3)10-4-5-20-6-10/h4-6,8-9,11-12H,7H2,1-3H3,(H,15,19)(H,17,18). The predicted octanol–water partition coefficient (Wildman–Crippen LogP) is 3.00. The second-order valence-corrected chi connectivity index (χ2v) is 7.39. The molecule has 0 aromatic carbocycles. The number of carbonyl (C=O) groups is 2. The Morgan fingerprint density at radius 2 is 2.14 bits per heavy atom. The molecule has 0 saturated carbocycles. The van der Waals surface area contributed by atoms with Crippen molar-refractivity contribution in [2.45, 2.75) is 38.2 Å². The fourth-order valence-corrected chi connectivity index (χ4v) is 4.58. The summed E-state index contributed by atoms with van der Waals surface area (Å²) in [6.45, 7) is 5.91. The molecule has 1 saturated heterocycles. The van der Waals surface area contributed by atoms with E-state index in [0.29, 0.717) is 5.75 Å². The van der Waals surface area contributed by atoms with Gasteiger partial charge in [0.25, 0.3) is 0 Å². The van der Waals surface area contributed by atoms with Crippen LogP contribution >= 0.6 is 23.1 Å². The van der Waals surface area contributed by atoms with E-state index in [4.69, 9.17) is 0 Å². The van der Waals surface area contributed by atoms with Crippen LogP contribution < -0.4 is 5.32 Å². The zero-order valence-corrected chi connectivity index (χ0v) is 13.9. The number of thioether (sulfide) groups is 1. The third-order valence-electron chi connectivity index (χ3n) is 3.51. The van der Waals surface area contributed by atoms with Crippen LogP contribution in [-0.4, -0.2) is 39.2 Å². The number of urea groups is 1. The Balaban J connectivity index is 2.11. The molecule has 21 heavy (non-hydrogen) atoms.